The molecule has 0 aliphatic heterocycles. The Morgan fingerprint density at radius 2 is 1.50 bits per heavy atom. The first-order valence-corrected chi connectivity index (χ1v) is 8.88. The molecule has 0 bridgehead atoms. The van der Waals surface area contributed by atoms with Gasteiger partial charge in [0.05, 0.1) is 0 Å². The van der Waals surface area contributed by atoms with Crippen molar-refractivity contribution in [3.63, 3.8) is 0 Å². The summed E-state index contributed by atoms with van der Waals surface area (Å²) >= 11 is 5.80. The molecule has 1 saturated carbocycles. The minimum atomic E-state index is 0.737. The zero-order valence-electron chi connectivity index (χ0n) is 14.5. The predicted octanol–water partition coefficient (Wildman–Crippen LogP) is 5.87. The molecule has 2 aromatic rings. The maximum absolute atomic E-state index is 5.80. The Balaban J connectivity index is 0.000000219. The quantitative estimate of drug-likeness (QED) is 0.635. The molecule has 0 aromatic heterocycles. The van der Waals surface area contributed by atoms with Crippen LogP contribution in [0.1, 0.15) is 42.4 Å². The summed E-state index contributed by atoms with van der Waals surface area (Å²) in [6, 6.07) is 15.7. The maximum Gasteiger partial charge on any atom is 0.0464 e. The number of rotatable bonds is 3. The Bertz CT molecular complexity index is 608. The zero-order chi connectivity index (χ0) is 17.2. The van der Waals surface area contributed by atoms with E-state index in [-0.39, 0.29) is 0 Å². The monoisotopic (exact) mass is 340 g/mol. The van der Waals surface area contributed by atoms with Crippen molar-refractivity contribution in [2.45, 2.75) is 32.6 Å². The normalized spacial score (nSPS) is 13.1. The SMILES string of the molecule is COCCC1CCC1.Cc1ccc(C#Cc2ccc(Cl)cc2)cc1. The molecule has 1 fully saturated rings. The van der Waals surface area contributed by atoms with Crippen molar-refractivity contribution in [2.75, 3.05) is 13.7 Å². The van der Waals surface area contributed by atoms with Crippen LogP contribution >= 0.6 is 11.6 Å². The number of benzene rings is 2. The number of methoxy groups -OCH3 is 1. The molecule has 0 heterocycles. The molecule has 1 nitrogen and oxygen atoms in total. The second kappa shape index (κ2) is 10.2. The molecule has 24 heavy (non-hydrogen) atoms. The van der Waals surface area contributed by atoms with Crippen LogP contribution in [0.5, 0.6) is 0 Å². The van der Waals surface area contributed by atoms with Crippen molar-refractivity contribution in [1.29, 1.82) is 0 Å². The highest BCUT2D eigenvalue weighted by atomic mass is 35.5. The number of halogens is 1. The molecular formula is C22H25ClO. The van der Waals surface area contributed by atoms with Gasteiger partial charge in [-0.3, -0.25) is 0 Å². The number of ether oxygens (including phenoxy) is 1. The van der Waals surface area contributed by atoms with Gasteiger partial charge in [-0.15, -0.1) is 0 Å². The van der Waals surface area contributed by atoms with Crippen LogP contribution in [0, 0.1) is 24.7 Å². The Morgan fingerprint density at radius 3 is 1.96 bits per heavy atom. The third-order valence-corrected chi connectivity index (χ3v) is 4.45. The van der Waals surface area contributed by atoms with Gasteiger partial charge in [-0.2, -0.15) is 0 Å². The minimum Gasteiger partial charge on any atom is -0.385 e. The van der Waals surface area contributed by atoms with Crippen LogP contribution in [0.25, 0.3) is 0 Å². The molecule has 2 heteroatoms. The van der Waals surface area contributed by atoms with Crippen molar-refractivity contribution in [2.24, 2.45) is 5.92 Å². The molecule has 1 aliphatic rings. The Labute approximate surface area is 151 Å². The molecule has 3 rings (SSSR count). The van der Waals surface area contributed by atoms with E-state index in [0.717, 1.165) is 28.7 Å². The van der Waals surface area contributed by atoms with Crippen LogP contribution in [-0.4, -0.2) is 13.7 Å². The fourth-order valence-corrected chi connectivity index (χ4v) is 2.51. The number of hydrogen-bond acceptors (Lipinski definition) is 1. The van der Waals surface area contributed by atoms with Crippen LogP contribution < -0.4 is 0 Å². The van der Waals surface area contributed by atoms with Crippen molar-refractivity contribution < 1.29 is 4.74 Å². The first-order chi connectivity index (χ1) is 11.7. The summed E-state index contributed by atoms with van der Waals surface area (Å²) in [7, 11) is 1.78. The lowest BCUT2D eigenvalue weighted by Gasteiger charge is -2.24. The third-order valence-electron chi connectivity index (χ3n) is 4.20. The van der Waals surface area contributed by atoms with Gasteiger partial charge in [-0.05, 0) is 55.7 Å². The molecule has 0 unspecified atom stereocenters. The fourth-order valence-electron chi connectivity index (χ4n) is 2.38. The number of aryl methyl sites for hydroxylation is 1. The van der Waals surface area contributed by atoms with E-state index in [9.17, 15) is 0 Å². The van der Waals surface area contributed by atoms with Gasteiger partial charge in [0.25, 0.3) is 0 Å². The summed E-state index contributed by atoms with van der Waals surface area (Å²) in [6.07, 6.45) is 5.64. The van der Waals surface area contributed by atoms with Crippen molar-refractivity contribution in [3.05, 3.63) is 70.2 Å². The Kier molecular flexibility index (Phi) is 7.89. The lowest BCUT2D eigenvalue weighted by Crippen LogP contribution is -2.12. The van der Waals surface area contributed by atoms with Crippen LogP contribution in [0.2, 0.25) is 5.02 Å². The molecule has 0 amide bonds. The smallest absolute Gasteiger partial charge is 0.0464 e. The average molecular weight is 341 g/mol. The predicted molar refractivity (Wildman–Crippen MR) is 102 cm³/mol. The van der Waals surface area contributed by atoms with Crippen molar-refractivity contribution in [1.82, 2.24) is 0 Å². The molecule has 0 spiro atoms. The summed E-state index contributed by atoms with van der Waals surface area (Å²) in [5.41, 5.74) is 3.25. The molecule has 2 aromatic carbocycles. The standard InChI is InChI=1S/C15H11Cl.C7H14O/c1-12-2-4-13(5-3-12)6-7-14-8-10-15(16)11-9-14;1-8-6-5-7-3-2-4-7/h2-5,8-11H,1H3;7H,2-6H2,1H3. The zero-order valence-corrected chi connectivity index (χ0v) is 15.3. The van der Waals surface area contributed by atoms with E-state index < -0.39 is 0 Å². The lowest BCUT2D eigenvalue weighted by molar-refractivity contribution is 0.154. The van der Waals surface area contributed by atoms with E-state index >= 15 is 0 Å². The number of hydrogen-bond donors (Lipinski definition) is 0. The Hall–Kier alpha value is -1.75. The largest absolute Gasteiger partial charge is 0.385 e. The maximum atomic E-state index is 5.80. The molecule has 1 aliphatic carbocycles. The first kappa shape index (κ1) is 18.6. The van der Waals surface area contributed by atoms with Gasteiger partial charge in [0, 0.05) is 29.9 Å². The van der Waals surface area contributed by atoms with Crippen LogP contribution in [0.3, 0.4) is 0 Å². The van der Waals surface area contributed by atoms with E-state index in [1.54, 1.807) is 7.11 Å². The van der Waals surface area contributed by atoms with Crippen molar-refractivity contribution in [3.8, 4) is 11.8 Å². The minimum absolute atomic E-state index is 0.737. The summed E-state index contributed by atoms with van der Waals surface area (Å²) < 4.78 is 4.95. The third kappa shape index (κ3) is 6.79. The highest BCUT2D eigenvalue weighted by Gasteiger charge is 2.15. The van der Waals surface area contributed by atoms with Gasteiger partial charge in [0.15, 0.2) is 0 Å². The molecule has 0 radical (unpaired) electrons. The van der Waals surface area contributed by atoms with E-state index in [1.165, 1.54) is 31.2 Å². The van der Waals surface area contributed by atoms with Crippen molar-refractivity contribution >= 4 is 11.6 Å². The van der Waals surface area contributed by atoms with Gasteiger partial charge in [-0.25, -0.2) is 0 Å². The summed E-state index contributed by atoms with van der Waals surface area (Å²) in [5.74, 6) is 7.22. The fraction of sp³-hybridized carbons (Fsp3) is 0.364. The molecule has 0 saturated heterocycles. The van der Waals surface area contributed by atoms with Crippen LogP contribution in [0.15, 0.2) is 48.5 Å². The first-order valence-electron chi connectivity index (χ1n) is 8.50. The van der Waals surface area contributed by atoms with Gasteiger partial charge in [0.1, 0.15) is 0 Å². The van der Waals surface area contributed by atoms with E-state index in [2.05, 4.69) is 30.9 Å². The van der Waals surface area contributed by atoms with Gasteiger partial charge < -0.3 is 4.74 Å². The molecule has 0 N–H and O–H groups in total. The molecular weight excluding hydrogens is 316 g/mol. The highest BCUT2D eigenvalue weighted by molar-refractivity contribution is 6.30. The molecule has 0 atom stereocenters. The topological polar surface area (TPSA) is 9.23 Å². The van der Waals surface area contributed by atoms with Gasteiger partial charge in [-0.1, -0.05) is 60.4 Å². The highest BCUT2D eigenvalue weighted by Crippen LogP contribution is 2.28. The molecule has 126 valence electrons. The second-order valence-electron chi connectivity index (χ2n) is 6.20. The summed E-state index contributed by atoms with van der Waals surface area (Å²) in [4.78, 5) is 0. The Morgan fingerprint density at radius 1 is 0.958 bits per heavy atom. The average Bonchev–Trinajstić information content (AvgIpc) is 2.55. The van der Waals surface area contributed by atoms with Crippen LogP contribution in [-0.2, 0) is 4.74 Å². The van der Waals surface area contributed by atoms with E-state index in [1.807, 2.05) is 36.4 Å². The van der Waals surface area contributed by atoms with Crippen LogP contribution in [0.4, 0.5) is 0 Å². The van der Waals surface area contributed by atoms with Gasteiger partial charge in [0.2, 0.25) is 0 Å². The van der Waals surface area contributed by atoms with Gasteiger partial charge >= 0.3 is 0 Å². The second-order valence-corrected chi connectivity index (χ2v) is 6.64. The summed E-state index contributed by atoms with van der Waals surface area (Å²) in [6.45, 7) is 3.03. The van der Waals surface area contributed by atoms with E-state index in [0.29, 0.717) is 0 Å². The lowest BCUT2D eigenvalue weighted by atomic mass is 9.83. The van der Waals surface area contributed by atoms with E-state index in [4.69, 9.17) is 16.3 Å². The summed E-state index contributed by atoms with van der Waals surface area (Å²) in [5, 5.41) is 0.737.